The van der Waals surface area contributed by atoms with Gasteiger partial charge in [0, 0.05) is 0 Å². The summed E-state index contributed by atoms with van der Waals surface area (Å²) in [6, 6.07) is 0. The van der Waals surface area contributed by atoms with Gasteiger partial charge < -0.3 is 5.11 Å². The first-order valence-electron chi connectivity index (χ1n) is 5.59. The topological polar surface area (TPSA) is 20.2 Å². The lowest BCUT2D eigenvalue weighted by molar-refractivity contribution is 0.0774. The molecule has 2 aliphatic rings. The van der Waals surface area contributed by atoms with Crippen molar-refractivity contribution in [3.05, 3.63) is 11.6 Å². The predicted molar refractivity (Wildman–Crippen MR) is 54.4 cm³/mol. The van der Waals surface area contributed by atoms with Crippen molar-refractivity contribution in [2.24, 2.45) is 17.8 Å². The quantitative estimate of drug-likeness (QED) is 0.648. The van der Waals surface area contributed by atoms with Crippen LogP contribution in [0.4, 0.5) is 0 Å². The third-order valence-electron chi connectivity index (χ3n) is 4.06. The van der Waals surface area contributed by atoms with Gasteiger partial charge in [0.25, 0.3) is 0 Å². The van der Waals surface area contributed by atoms with Gasteiger partial charge in [-0.25, -0.2) is 0 Å². The van der Waals surface area contributed by atoms with Crippen molar-refractivity contribution in [1.29, 1.82) is 0 Å². The van der Waals surface area contributed by atoms with Crippen LogP contribution in [0.3, 0.4) is 0 Å². The Morgan fingerprint density at radius 3 is 2.77 bits per heavy atom. The van der Waals surface area contributed by atoms with Gasteiger partial charge in [-0.05, 0) is 50.4 Å². The van der Waals surface area contributed by atoms with Crippen molar-refractivity contribution in [3.63, 3.8) is 0 Å². The van der Waals surface area contributed by atoms with Crippen LogP contribution in [0, 0.1) is 17.8 Å². The highest BCUT2D eigenvalue weighted by Crippen LogP contribution is 2.52. The number of fused-ring (bicyclic) bond motifs is 2. The van der Waals surface area contributed by atoms with Crippen molar-refractivity contribution < 1.29 is 5.11 Å². The molecule has 0 aliphatic heterocycles. The molecule has 0 radical (unpaired) electrons. The van der Waals surface area contributed by atoms with Crippen LogP contribution >= 0.6 is 0 Å². The lowest BCUT2D eigenvalue weighted by Crippen LogP contribution is -2.25. The third kappa shape index (κ3) is 1.43. The minimum absolute atomic E-state index is 0.0339. The molecule has 4 atom stereocenters. The van der Waals surface area contributed by atoms with Crippen LogP contribution in [0.25, 0.3) is 0 Å². The summed E-state index contributed by atoms with van der Waals surface area (Å²) in [5, 5.41) is 9.82. The van der Waals surface area contributed by atoms with Gasteiger partial charge in [-0.2, -0.15) is 0 Å². The summed E-state index contributed by atoms with van der Waals surface area (Å²) in [7, 11) is 0. The van der Waals surface area contributed by atoms with E-state index < -0.39 is 0 Å². The molecule has 0 aromatic heterocycles. The minimum atomic E-state index is -0.0339. The molecular formula is C12H20O. The Morgan fingerprint density at radius 2 is 2.31 bits per heavy atom. The second kappa shape index (κ2) is 3.45. The molecule has 13 heavy (non-hydrogen) atoms. The Kier molecular flexibility index (Phi) is 2.46. The molecule has 2 saturated carbocycles. The zero-order chi connectivity index (χ0) is 9.42. The Bertz CT molecular complexity index is 219. The number of hydrogen-bond donors (Lipinski definition) is 1. The second-order valence-corrected chi connectivity index (χ2v) is 4.64. The summed E-state index contributed by atoms with van der Waals surface area (Å²) in [4.78, 5) is 0. The van der Waals surface area contributed by atoms with E-state index in [-0.39, 0.29) is 6.10 Å². The SMILES string of the molecule is CC=C1C[C@@H]2C[C@H]1CC2C(O)CC. The van der Waals surface area contributed by atoms with Gasteiger partial charge in [-0.3, -0.25) is 0 Å². The van der Waals surface area contributed by atoms with Crippen LogP contribution < -0.4 is 0 Å². The molecule has 0 saturated heterocycles. The molecular weight excluding hydrogens is 160 g/mol. The molecule has 2 bridgehead atoms. The van der Waals surface area contributed by atoms with Crippen LogP contribution in [-0.2, 0) is 0 Å². The molecule has 2 fully saturated rings. The summed E-state index contributed by atoms with van der Waals surface area (Å²) >= 11 is 0. The van der Waals surface area contributed by atoms with E-state index in [2.05, 4.69) is 19.9 Å². The largest absolute Gasteiger partial charge is 0.393 e. The Morgan fingerprint density at radius 1 is 1.54 bits per heavy atom. The number of allylic oxidation sites excluding steroid dienone is 2. The highest BCUT2D eigenvalue weighted by Gasteiger charge is 2.44. The van der Waals surface area contributed by atoms with Crippen LogP contribution in [0.5, 0.6) is 0 Å². The zero-order valence-electron chi connectivity index (χ0n) is 8.66. The molecule has 74 valence electrons. The standard InChI is InChI=1S/C12H20O/c1-3-8-5-10-6-9(8)7-11(10)12(13)4-2/h3,9-13H,4-7H2,1-2H3/t9-,10+,11?,12?/m0/s1. The monoisotopic (exact) mass is 180 g/mol. The fourth-order valence-electron chi connectivity index (χ4n) is 3.29. The summed E-state index contributed by atoms with van der Waals surface area (Å²) in [6.45, 7) is 4.24. The normalized spacial score (nSPS) is 43.0. The molecule has 0 heterocycles. The van der Waals surface area contributed by atoms with E-state index in [9.17, 15) is 5.11 Å². The molecule has 2 rings (SSSR count). The van der Waals surface area contributed by atoms with E-state index >= 15 is 0 Å². The molecule has 1 N–H and O–H groups in total. The highest BCUT2D eigenvalue weighted by molar-refractivity contribution is 5.18. The minimum Gasteiger partial charge on any atom is -0.393 e. The number of hydrogen-bond acceptors (Lipinski definition) is 1. The van der Waals surface area contributed by atoms with Crippen LogP contribution in [0.2, 0.25) is 0 Å². The first-order chi connectivity index (χ1) is 6.26. The van der Waals surface area contributed by atoms with Crippen molar-refractivity contribution in [1.82, 2.24) is 0 Å². The van der Waals surface area contributed by atoms with Gasteiger partial charge in [0.1, 0.15) is 0 Å². The highest BCUT2D eigenvalue weighted by atomic mass is 16.3. The first-order valence-corrected chi connectivity index (χ1v) is 5.59. The van der Waals surface area contributed by atoms with Crippen molar-refractivity contribution in [2.75, 3.05) is 0 Å². The Balaban J connectivity index is 2.03. The van der Waals surface area contributed by atoms with E-state index in [0.717, 1.165) is 18.3 Å². The lowest BCUT2D eigenvalue weighted by atomic mass is 9.81. The molecule has 0 aromatic carbocycles. The van der Waals surface area contributed by atoms with Gasteiger partial charge in [0.2, 0.25) is 0 Å². The predicted octanol–water partition coefficient (Wildman–Crippen LogP) is 2.75. The van der Waals surface area contributed by atoms with E-state index in [4.69, 9.17) is 0 Å². The number of rotatable bonds is 2. The second-order valence-electron chi connectivity index (χ2n) is 4.64. The van der Waals surface area contributed by atoms with Gasteiger partial charge >= 0.3 is 0 Å². The van der Waals surface area contributed by atoms with Gasteiger partial charge in [-0.1, -0.05) is 18.6 Å². The van der Waals surface area contributed by atoms with Crippen LogP contribution in [0.1, 0.15) is 39.5 Å². The van der Waals surface area contributed by atoms with Crippen LogP contribution in [-0.4, -0.2) is 11.2 Å². The Labute approximate surface area is 80.8 Å². The van der Waals surface area contributed by atoms with Crippen molar-refractivity contribution >= 4 is 0 Å². The van der Waals surface area contributed by atoms with E-state index in [1.54, 1.807) is 5.57 Å². The average Bonchev–Trinajstić information content (AvgIpc) is 2.74. The van der Waals surface area contributed by atoms with Gasteiger partial charge in [0.05, 0.1) is 6.10 Å². The van der Waals surface area contributed by atoms with Gasteiger partial charge in [0.15, 0.2) is 0 Å². The number of aliphatic hydroxyl groups excluding tert-OH is 1. The maximum absolute atomic E-state index is 9.82. The number of aliphatic hydroxyl groups is 1. The Hall–Kier alpha value is -0.300. The van der Waals surface area contributed by atoms with Gasteiger partial charge in [-0.15, -0.1) is 0 Å². The molecule has 2 unspecified atom stereocenters. The third-order valence-corrected chi connectivity index (χ3v) is 4.06. The summed E-state index contributed by atoms with van der Waals surface area (Å²) in [5.74, 6) is 2.23. The fourth-order valence-corrected chi connectivity index (χ4v) is 3.29. The molecule has 0 aromatic rings. The van der Waals surface area contributed by atoms with Crippen molar-refractivity contribution in [2.45, 2.75) is 45.6 Å². The summed E-state index contributed by atoms with van der Waals surface area (Å²) in [6.07, 6.45) is 7.05. The fraction of sp³-hybridized carbons (Fsp3) is 0.833. The summed E-state index contributed by atoms with van der Waals surface area (Å²) < 4.78 is 0. The molecule has 0 amide bonds. The maximum atomic E-state index is 9.82. The van der Waals surface area contributed by atoms with E-state index in [1.165, 1.54) is 19.3 Å². The van der Waals surface area contributed by atoms with Crippen molar-refractivity contribution in [3.8, 4) is 0 Å². The van der Waals surface area contributed by atoms with E-state index in [1.807, 2.05) is 0 Å². The smallest absolute Gasteiger partial charge is 0.0568 e. The van der Waals surface area contributed by atoms with Crippen LogP contribution in [0.15, 0.2) is 11.6 Å². The zero-order valence-corrected chi connectivity index (χ0v) is 8.66. The molecule has 1 heteroatoms. The maximum Gasteiger partial charge on any atom is 0.0568 e. The molecule has 0 spiro atoms. The molecule has 2 aliphatic carbocycles. The lowest BCUT2D eigenvalue weighted by Gasteiger charge is -2.27. The average molecular weight is 180 g/mol. The summed E-state index contributed by atoms with van der Waals surface area (Å²) in [5.41, 5.74) is 1.66. The molecule has 1 nitrogen and oxygen atoms in total. The van der Waals surface area contributed by atoms with E-state index in [0.29, 0.717) is 5.92 Å². The first kappa shape index (κ1) is 9.26.